The number of hydrogen-bond acceptors (Lipinski definition) is 4. The zero-order chi connectivity index (χ0) is 14.5. The molecule has 0 bridgehead atoms. The number of rotatable bonds is 4. The second kappa shape index (κ2) is 6.35. The Kier molecular flexibility index (Phi) is 4.09. The minimum atomic E-state index is -0.227. The minimum absolute atomic E-state index is 0.0348. The van der Waals surface area contributed by atoms with Crippen molar-refractivity contribution in [3.63, 3.8) is 0 Å². The molecule has 0 spiro atoms. The molecule has 1 aliphatic rings. The SMILES string of the molecule is Fc1cccc(C(Cc2ccncc2)NC2=NCCN2)c1. The molecule has 0 aliphatic carbocycles. The smallest absolute Gasteiger partial charge is 0.191 e. The number of pyridine rings is 1. The van der Waals surface area contributed by atoms with Crippen molar-refractivity contribution >= 4 is 5.96 Å². The van der Waals surface area contributed by atoms with Gasteiger partial charge in [0.15, 0.2) is 5.96 Å². The Labute approximate surface area is 123 Å². The average Bonchev–Trinajstić information content (AvgIpc) is 3.01. The Morgan fingerprint density at radius 2 is 2.10 bits per heavy atom. The summed E-state index contributed by atoms with van der Waals surface area (Å²) < 4.78 is 13.5. The lowest BCUT2D eigenvalue weighted by molar-refractivity contribution is 0.602. The van der Waals surface area contributed by atoms with E-state index in [1.807, 2.05) is 18.2 Å². The van der Waals surface area contributed by atoms with Crippen LogP contribution in [0.25, 0.3) is 0 Å². The third kappa shape index (κ3) is 3.56. The summed E-state index contributed by atoms with van der Waals surface area (Å²) in [6, 6.07) is 10.6. The third-order valence-corrected chi connectivity index (χ3v) is 3.43. The fourth-order valence-electron chi connectivity index (χ4n) is 2.39. The predicted molar refractivity (Wildman–Crippen MR) is 80.5 cm³/mol. The standard InChI is InChI=1S/C16H17FN4/c17-14-3-1-2-13(11-14)15(21-16-19-8-9-20-16)10-12-4-6-18-7-5-12/h1-7,11,15H,8-10H2,(H2,19,20,21). The van der Waals surface area contributed by atoms with E-state index in [9.17, 15) is 4.39 Å². The van der Waals surface area contributed by atoms with Gasteiger partial charge in [0.25, 0.3) is 0 Å². The molecule has 0 saturated heterocycles. The topological polar surface area (TPSA) is 49.3 Å². The molecule has 0 saturated carbocycles. The molecule has 108 valence electrons. The minimum Gasteiger partial charge on any atom is -0.355 e. The number of aromatic nitrogens is 1. The maximum Gasteiger partial charge on any atom is 0.191 e. The Bertz CT molecular complexity index is 627. The number of nitrogens with one attached hydrogen (secondary N) is 2. The number of aliphatic imine (C=N–C) groups is 1. The highest BCUT2D eigenvalue weighted by molar-refractivity contribution is 5.81. The highest BCUT2D eigenvalue weighted by Crippen LogP contribution is 2.19. The van der Waals surface area contributed by atoms with Crippen LogP contribution in [0.4, 0.5) is 4.39 Å². The third-order valence-electron chi connectivity index (χ3n) is 3.43. The highest BCUT2D eigenvalue weighted by Gasteiger charge is 2.16. The Balaban J connectivity index is 1.83. The molecule has 2 heterocycles. The van der Waals surface area contributed by atoms with Crippen LogP contribution in [-0.2, 0) is 6.42 Å². The van der Waals surface area contributed by atoms with Gasteiger partial charge < -0.3 is 10.6 Å². The van der Waals surface area contributed by atoms with E-state index < -0.39 is 0 Å². The lowest BCUT2D eigenvalue weighted by Crippen LogP contribution is -2.37. The number of halogens is 1. The summed E-state index contributed by atoms with van der Waals surface area (Å²) in [7, 11) is 0. The monoisotopic (exact) mass is 284 g/mol. The molecule has 2 N–H and O–H groups in total. The van der Waals surface area contributed by atoms with Crippen molar-refractivity contribution in [3.05, 3.63) is 65.7 Å². The second-order valence-corrected chi connectivity index (χ2v) is 4.97. The summed E-state index contributed by atoms with van der Waals surface area (Å²) in [6.07, 6.45) is 4.28. The van der Waals surface area contributed by atoms with Gasteiger partial charge >= 0.3 is 0 Å². The second-order valence-electron chi connectivity index (χ2n) is 4.97. The fourth-order valence-corrected chi connectivity index (χ4v) is 2.39. The van der Waals surface area contributed by atoms with E-state index in [0.717, 1.165) is 36.6 Å². The van der Waals surface area contributed by atoms with E-state index in [1.165, 1.54) is 6.07 Å². The fraction of sp³-hybridized carbons (Fsp3) is 0.250. The van der Waals surface area contributed by atoms with Crippen LogP contribution in [0.15, 0.2) is 53.8 Å². The summed E-state index contributed by atoms with van der Waals surface area (Å²) in [4.78, 5) is 8.38. The van der Waals surface area contributed by atoms with Gasteiger partial charge in [-0.1, -0.05) is 12.1 Å². The van der Waals surface area contributed by atoms with E-state index in [1.54, 1.807) is 24.5 Å². The van der Waals surface area contributed by atoms with Crippen LogP contribution in [0.1, 0.15) is 17.2 Å². The molecule has 1 unspecified atom stereocenters. The van der Waals surface area contributed by atoms with E-state index in [4.69, 9.17) is 0 Å². The van der Waals surface area contributed by atoms with Crippen molar-refractivity contribution in [2.24, 2.45) is 4.99 Å². The zero-order valence-corrected chi connectivity index (χ0v) is 11.6. The number of benzene rings is 1. The van der Waals surface area contributed by atoms with Gasteiger partial charge in [-0.15, -0.1) is 0 Å². The summed E-state index contributed by atoms with van der Waals surface area (Å²) in [5, 5.41) is 6.55. The van der Waals surface area contributed by atoms with Crippen LogP contribution < -0.4 is 10.6 Å². The molecule has 1 atom stereocenters. The molecule has 1 aromatic heterocycles. The van der Waals surface area contributed by atoms with Gasteiger partial charge in [-0.3, -0.25) is 9.98 Å². The predicted octanol–water partition coefficient (Wildman–Crippen LogP) is 2.05. The van der Waals surface area contributed by atoms with Gasteiger partial charge in [0, 0.05) is 18.9 Å². The van der Waals surface area contributed by atoms with Crippen LogP contribution in [0.2, 0.25) is 0 Å². The first-order valence-electron chi connectivity index (χ1n) is 7.00. The van der Waals surface area contributed by atoms with Gasteiger partial charge in [0.05, 0.1) is 12.6 Å². The van der Waals surface area contributed by atoms with Gasteiger partial charge in [0.1, 0.15) is 5.82 Å². The molecule has 1 aliphatic heterocycles. The molecule has 21 heavy (non-hydrogen) atoms. The average molecular weight is 284 g/mol. The lowest BCUT2D eigenvalue weighted by atomic mass is 9.99. The maximum absolute atomic E-state index is 13.5. The Morgan fingerprint density at radius 3 is 2.81 bits per heavy atom. The van der Waals surface area contributed by atoms with Crippen molar-refractivity contribution in [3.8, 4) is 0 Å². The summed E-state index contributed by atoms with van der Waals surface area (Å²) in [5.74, 6) is 0.550. The van der Waals surface area contributed by atoms with Crippen LogP contribution in [0.5, 0.6) is 0 Å². The summed E-state index contributed by atoms with van der Waals surface area (Å²) in [5.41, 5.74) is 2.05. The molecule has 2 aromatic rings. The largest absolute Gasteiger partial charge is 0.355 e. The molecule has 1 aromatic carbocycles. The van der Waals surface area contributed by atoms with E-state index in [2.05, 4.69) is 20.6 Å². The molecule has 5 heteroatoms. The van der Waals surface area contributed by atoms with Crippen molar-refractivity contribution < 1.29 is 4.39 Å². The van der Waals surface area contributed by atoms with Gasteiger partial charge in [-0.05, 0) is 41.8 Å². The highest BCUT2D eigenvalue weighted by atomic mass is 19.1. The van der Waals surface area contributed by atoms with Crippen molar-refractivity contribution in [2.45, 2.75) is 12.5 Å². The molecule has 0 amide bonds. The summed E-state index contributed by atoms with van der Waals surface area (Å²) in [6.45, 7) is 1.61. The van der Waals surface area contributed by atoms with Gasteiger partial charge in [0.2, 0.25) is 0 Å². The van der Waals surface area contributed by atoms with E-state index in [0.29, 0.717) is 0 Å². The first-order chi connectivity index (χ1) is 10.3. The van der Waals surface area contributed by atoms with E-state index in [-0.39, 0.29) is 11.9 Å². The van der Waals surface area contributed by atoms with Gasteiger partial charge in [-0.2, -0.15) is 0 Å². The molecule has 0 radical (unpaired) electrons. The zero-order valence-electron chi connectivity index (χ0n) is 11.6. The maximum atomic E-state index is 13.5. The first-order valence-corrected chi connectivity index (χ1v) is 7.00. The molecular formula is C16H17FN4. The number of nitrogens with zero attached hydrogens (tertiary/aromatic N) is 2. The lowest BCUT2D eigenvalue weighted by Gasteiger charge is -2.20. The van der Waals surface area contributed by atoms with E-state index >= 15 is 0 Å². The van der Waals surface area contributed by atoms with Crippen LogP contribution in [0, 0.1) is 5.82 Å². The normalized spacial score (nSPS) is 15.2. The Morgan fingerprint density at radius 1 is 1.24 bits per heavy atom. The van der Waals surface area contributed by atoms with Crippen LogP contribution in [-0.4, -0.2) is 24.0 Å². The summed E-state index contributed by atoms with van der Waals surface area (Å²) >= 11 is 0. The molecule has 0 fully saturated rings. The van der Waals surface area contributed by atoms with Crippen molar-refractivity contribution in [2.75, 3.05) is 13.1 Å². The van der Waals surface area contributed by atoms with Crippen LogP contribution >= 0.6 is 0 Å². The molecule has 4 nitrogen and oxygen atoms in total. The quantitative estimate of drug-likeness (QED) is 0.903. The van der Waals surface area contributed by atoms with Gasteiger partial charge in [-0.25, -0.2) is 4.39 Å². The van der Waals surface area contributed by atoms with Crippen molar-refractivity contribution in [1.82, 2.24) is 15.6 Å². The number of hydrogen-bond donors (Lipinski definition) is 2. The first kappa shape index (κ1) is 13.5. The molecular weight excluding hydrogens is 267 g/mol. The molecule has 3 rings (SSSR count). The van der Waals surface area contributed by atoms with Crippen LogP contribution in [0.3, 0.4) is 0 Å². The van der Waals surface area contributed by atoms with Crippen molar-refractivity contribution in [1.29, 1.82) is 0 Å². The number of guanidine groups is 1. The Hall–Kier alpha value is -2.43.